The van der Waals surface area contributed by atoms with Crippen LogP contribution in [0.2, 0.25) is 0 Å². The van der Waals surface area contributed by atoms with Crippen LogP contribution < -0.4 is 5.32 Å². The van der Waals surface area contributed by atoms with E-state index in [1.54, 1.807) is 0 Å². The molecular weight excluding hydrogens is 315 g/mol. The molecule has 1 aromatic rings. The first-order chi connectivity index (χ1) is 8.38. The first kappa shape index (κ1) is 13.4. The Morgan fingerprint density at radius 1 is 1.39 bits per heavy atom. The molecule has 1 N–H and O–H groups in total. The van der Waals surface area contributed by atoms with Crippen LogP contribution in [0.3, 0.4) is 0 Å². The van der Waals surface area contributed by atoms with Crippen molar-refractivity contribution >= 4 is 21.8 Å². The van der Waals surface area contributed by atoms with Crippen LogP contribution >= 0.6 is 15.9 Å². The van der Waals surface area contributed by atoms with E-state index in [-0.39, 0.29) is 24.6 Å². The van der Waals surface area contributed by atoms with E-state index < -0.39 is 17.8 Å². The van der Waals surface area contributed by atoms with Crippen LogP contribution in [0.5, 0.6) is 0 Å². The maximum Gasteiger partial charge on any atom is 0.416 e. The third kappa shape index (κ3) is 2.84. The number of carbonyl (C=O) groups excluding carboxylic acids is 1. The van der Waals surface area contributed by atoms with Crippen molar-refractivity contribution in [3.05, 3.63) is 33.8 Å². The highest BCUT2D eigenvalue weighted by atomic mass is 79.9. The van der Waals surface area contributed by atoms with Gasteiger partial charge in [-0.2, -0.15) is 13.2 Å². The van der Waals surface area contributed by atoms with Crippen molar-refractivity contribution in [3.8, 4) is 0 Å². The molecule has 0 bridgehead atoms. The highest BCUT2D eigenvalue weighted by molar-refractivity contribution is 9.10. The summed E-state index contributed by atoms with van der Waals surface area (Å²) in [6.45, 7) is -0.179. The number of hydrogen-bond acceptors (Lipinski definition) is 2. The number of alkyl halides is 3. The largest absolute Gasteiger partial charge is 0.416 e. The zero-order valence-electron chi connectivity index (χ0n) is 9.05. The van der Waals surface area contributed by atoms with E-state index in [0.717, 1.165) is 6.07 Å². The molecule has 0 saturated carbocycles. The summed E-state index contributed by atoms with van der Waals surface area (Å²) in [5.74, 6) is -0.322. The quantitative estimate of drug-likeness (QED) is 0.862. The lowest BCUT2D eigenvalue weighted by atomic mass is 10.0. The number of hydrogen-bond donors (Lipinski definition) is 1. The van der Waals surface area contributed by atoms with E-state index in [2.05, 4.69) is 21.2 Å². The van der Waals surface area contributed by atoms with Crippen LogP contribution in [0.25, 0.3) is 0 Å². The summed E-state index contributed by atoms with van der Waals surface area (Å²) in [6.07, 6.45) is -5.23. The normalized spacial score (nSPS) is 20.7. The number of benzene rings is 1. The zero-order valence-corrected chi connectivity index (χ0v) is 10.6. The molecule has 18 heavy (non-hydrogen) atoms. The number of ether oxygens (including phenoxy) is 1. The SMILES string of the molecule is O=C1CO[C@@H](c2ccc(Br)cc2C(F)(F)F)CN1. The van der Waals surface area contributed by atoms with Gasteiger partial charge in [-0.1, -0.05) is 22.0 Å². The Morgan fingerprint density at radius 2 is 2.11 bits per heavy atom. The van der Waals surface area contributed by atoms with Crippen molar-refractivity contribution in [1.29, 1.82) is 0 Å². The standard InChI is InChI=1S/C11H9BrF3NO2/c12-6-1-2-7(8(3-6)11(13,14)15)9-4-16-10(17)5-18-9/h1-3,9H,4-5H2,(H,16,17)/t9-/m1/s1. The average Bonchev–Trinajstić information content (AvgIpc) is 2.29. The predicted molar refractivity (Wildman–Crippen MR) is 60.8 cm³/mol. The molecule has 98 valence electrons. The van der Waals surface area contributed by atoms with Crippen molar-refractivity contribution in [2.45, 2.75) is 12.3 Å². The smallest absolute Gasteiger partial charge is 0.362 e. The van der Waals surface area contributed by atoms with Gasteiger partial charge in [-0.3, -0.25) is 4.79 Å². The van der Waals surface area contributed by atoms with Crippen molar-refractivity contribution in [2.24, 2.45) is 0 Å². The van der Waals surface area contributed by atoms with Gasteiger partial charge in [-0.05, 0) is 17.7 Å². The Balaban J connectivity index is 2.35. The van der Waals surface area contributed by atoms with E-state index in [0.29, 0.717) is 4.47 Å². The van der Waals surface area contributed by atoms with Gasteiger partial charge >= 0.3 is 6.18 Å². The van der Waals surface area contributed by atoms with Gasteiger partial charge in [0, 0.05) is 11.0 Å². The zero-order chi connectivity index (χ0) is 13.3. The Morgan fingerprint density at radius 3 is 2.67 bits per heavy atom. The molecule has 0 spiro atoms. The highest BCUT2D eigenvalue weighted by Crippen LogP contribution is 2.37. The minimum Gasteiger partial charge on any atom is -0.362 e. The molecule has 7 heteroatoms. The van der Waals surface area contributed by atoms with Gasteiger partial charge in [0.15, 0.2) is 0 Å². The summed E-state index contributed by atoms with van der Waals surface area (Å²) in [5, 5.41) is 2.48. The molecule has 0 unspecified atom stereocenters. The van der Waals surface area contributed by atoms with E-state index in [1.165, 1.54) is 12.1 Å². The molecule has 1 heterocycles. The predicted octanol–water partition coefficient (Wildman–Crippen LogP) is 2.66. The van der Waals surface area contributed by atoms with Crippen molar-refractivity contribution < 1.29 is 22.7 Å². The molecule has 2 rings (SSSR count). The van der Waals surface area contributed by atoms with E-state index in [1.807, 2.05) is 0 Å². The van der Waals surface area contributed by atoms with Gasteiger partial charge in [0.2, 0.25) is 5.91 Å². The average molecular weight is 324 g/mol. The second-order valence-corrected chi connectivity index (χ2v) is 4.75. The second kappa shape index (κ2) is 4.89. The molecular formula is C11H9BrF3NO2. The van der Waals surface area contributed by atoms with Gasteiger partial charge in [0.05, 0.1) is 5.56 Å². The number of carbonyl (C=O) groups is 1. The van der Waals surface area contributed by atoms with E-state index in [9.17, 15) is 18.0 Å². The lowest BCUT2D eigenvalue weighted by molar-refractivity contribution is -0.141. The molecule has 1 fully saturated rings. The van der Waals surface area contributed by atoms with E-state index in [4.69, 9.17) is 4.74 Å². The van der Waals surface area contributed by atoms with Gasteiger partial charge in [-0.15, -0.1) is 0 Å². The molecule has 1 aliphatic rings. The fourth-order valence-electron chi connectivity index (χ4n) is 1.75. The number of nitrogens with one attached hydrogen (secondary N) is 1. The number of morpholine rings is 1. The summed E-state index contributed by atoms with van der Waals surface area (Å²) in [6, 6.07) is 3.88. The number of amides is 1. The second-order valence-electron chi connectivity index (χ2n) is 3.83. The molecule has 1 aliphatic heterocycles. The van der Waals surface area contributed by atoms with Crippen molar-refractivity contribution in [1.82, 2.24) is 5.32 Å². The maximum absolute atomic E-state index is 12.9. The summed E-state index contributed by atoms with van der Waals surface area (Å²) in [4.78, 5) is 10.9. The molecule has 0 aliphatic carbocycles. The number of halogens is 4. The van der Waals surface area contributed by atoms with Crippen LogP contribution in [0.4, 0.5) is 13.2 Å². The van der Waals surface area contributed by atoms with Gasteiger partial charge < -0.3 is 10.1 Å². The molecule has 3 nitrogen and oxygen atoms in total. The minimum atomic E-state index is -4.45. The third-order valence-electron chi connectivity index (χ3n) is 2.57. The first-order valence-corrected chi connectivity index (χ1v) is 5.92. The minimum absolute atomic E-state index is 0.0331. The summed E-state index contributed by atoms with van der Waals surface area (Å²) < 4.78 is 44.2. The van der Waals surface area contributed by atoms with Gasteiger partial charge in [-0.25, -0.2) is 0 Å². The first-order valence-electron chi connectivity index (χ1n) is 5.13. The lowest BCUT2D eigenvalue weighted by Crippen LogP contribution is -2.39. The molecule has 0 aromatic heterocycles. The summed E-state index contributed by atoms with van der Waals surface area (Å²) >= 11 is 3.01. The van der Waals surface area contributed by atoms with Gasteiger partial charge in [0.25, 0.3) is 0 Å². The molecule has 1 amide bonds. The topological polar surface area (TPSA) is 38.3 Å². The molecule has 0 radical (unpaired) electrons. The highest BCUT2D eigenvalue weighted by Gasteiger charge is 2.36. The van der Waals surface area contributed by atoms with Crippen LogP contribution in [-0.2, 0) is 15.7 Å². The Hall–Kier alpha value is -1.08. The summed E-state index contributed by atoms with van der Waals surface area (Å²) in [5.41, 5.74) is -0.719. The van der Waals surface area contributed by atoms with Gasteiger partial charge in [0.1, 0.15) is 12.7 Å². The van der Waals surface area contributed by atoms with Crippen LogP contribution in [0.15, 0.2) is 22.7 Å². The molecule has 1 atom stereocenters. The molecule has 1 saturated heterocycles. The molecule has 1 aromatic carbocycles. The maximum atomic E-state index is 12.9. The Kier molecular flexibility index (Phi) is 3.63. The monoisotopic (exact) mass is 323 g/mol. The Bertz CT molecular complexity index is 466. The fourth-order valence-corrected chi connectivity index (χ4v) is 2.11. The van der Waals surface area contributed by atoms with Crippen molar-refractivity contribution in [2.75, 3.05) is 13.2 Å². The van der Waals surface area contributed by atoms with Crippen LogP contribution in [-0.4, -0.2) is 19.1 Å². The summed E-state index contributed by atoms with van der Waals surface area (Å²) in [7, 11) is 0. The van der Waals surface area contributed by atoms with Crippen molar-refractivity contribution in [3.63, 3.8) is 0 Å². The Labute approximate surface area is 109 Å². The van der Waals surface area contributed by atoms with E-state index >= 15 is 0 Å². The van der Waals surface area contributed by atoms with Crippen LogP contribution in [0, 0.1) is 0 Å². The number of rotatable bonds is 1. The fraction of sp³-hybridized carbons (Fsp3) is 0.364. The third-order valence-corrected chi connectivity index (χ3v) is 3.06. The lowest BCUT2D eigenvalue weighted by Gasteiger charge is -2.26. The van der Waals surface area contributed by atoms with Crippen LogP contribution in [0.1, 0.15) is 17.2 Å².